The number of amides is 1. The van der Waals surface area contributed by atoms with Crippen LogP contribution in [-0.2, 0) is 14.3 Å². The minimum atomic E-state index is -0.401. The number of hydrogen-bond acceptors (Lipinski definition) is 5. The monoisotopic (exact) mass is 391 g/mol. The highest BCUT2D eigenvalue weighted by Gasteiger charge is 2.11. The molecule has 1 heterocycles. The molecule has 0 fully saturated rings. The zero-order valence-corrected chi connectivity index (χ0v) is 15.7. The fraction of sp³-hybridized carbons (Fsp3) is 0.211. The molecule has 0 atom stereocenters. The summed E-state index contributed by atoms with van der Waals surface area (Å²) in [5, 5.41) is 2.74. The van der Waals surface area contributed by atoms with Crippen molar-refractivity contribution in [1.82, 2.24) is 0 Å². The Labute approximate surface area is 160 Å². The predicted molar refractivity (Wildman–Crippen MR) is 104 cm³/mol. The van der Waals surface area contributed by atoms with Crippen LogP contribution >= 0.6 is 22.9 Å². The fourth-order valence-electron chi connectivity index (χ4n) is 2.07. The number of ketones is 1. The van der Waals surface area contributed by atoms with Crippen LogP contribution in [0.2, 0.25) is 4.34 Å². The number of esters is 1. The number of carbonyl (C=O) groups is 3. The third kappa shape index (κ3) is 6.46. The van der Waals surface area contributed by atoms with E-state index in [0.29, 0.717) is 21.5 Å². The first-order chi connectivity index (χ1) is 12.5. The van der Waals surface area contributed by atoms with Gasteiger partial charge in [-0.15, -0.1) is 11.3 Å². The van der Waals surface area contributed by atoms with E-state index in [1.165, 1.54) is 17.4 Å². The Balaban J connectivity index is 1.81. The SMILES string of the molecule is CCOC(=O)/C=C/c1ccc(NC(=O)CCC(=O)c2ccc(Cl)s2)cc1. The summed E-state index contributed by atoms with van der Waals surface area (Å²) in [5.41, 5.74) is 1.43. The van der Waals surface area contributed by atoms with Gasteiger partial charge in [0.05, 0.1) is 15.8 Å². The molecule has 1 aromatic heterocycles. The van der Waals surface area contributed by atoms with E-state index >= 15 is 0 Å². The van der Waals surface area contributed by atoms with E-state index in [1.807, 2.05) is 0 Å². The fourth-order valence-corrected chi connectivity index (χ4v) is 3.08. The summed E-state index contributed by atoms with van der Waals surface area (Å²) >= 11 is 7.01. The van der Waals surface area contributed by atoms with Gasteiger partial charge in [-0.3, -0.25) is 9.59 Å². The molecule has 0 aliphatic carbocycles. The van der Waals surface area contributed by atoms with Crippen molar-refractivity contribution in [3.63, 3.8) is 0 Å². The molecule has 2 rings (SSSR count). The molecule has 0 saturated carbocycles. The van der Waals surface area contributed by atoms with Crippen LogP contribution in [0, 0.1) is 0 Å². The topological polar surface area (TPSA) is 72.5 Å². The third-order valence-corrected chi connectivity index (χ3v) is 4.59. The molecule has 5 nitrogen and oxygen atoms in total. The maximum Gasteiger partial charge on any atom is 0.330 e. The molecule has 0 bridgehead atoms. The van der Waals surface area contributed by atoms with Crippen molar-refractivity contribution in [3.05, 3.63) is 57.3 Å². The molecule has 2 aromatic rings. The zero-order chi connectivity index (χ0) is 18.9. The molecule has 136 valence electrons. The summed E-state index contributed by atoms with van der Waals surface area (Å²) in [6.07, 6.45) is 3.20. The minimum absolute atomic E-state index is 0.0961. The average Bonchev–Trinajstić information content (AvgIpc) is 3.06. The lowest BCUT2D eigenvalue weighted by Gasteiger charge is -2.05. The summed E-state index contributed by atoms with van der Waals surface area (Å²) in [6.45, 7) is 2.07. The minimum Gasteiger partial charge on any atom is -0.463 e. The average molecular weight is 392 g/mol. The molecule has 7 heteroatoms. The van der Waals surface area contributed by atoms with Gasteiger partial charge in [-0.1, -0.05) is 23.7 Å². The molecule has 1 amide bonds. The van der Waals surface area contributed by atoms with Crippen LogP contribution < -0.4 is 5.32 Å². The predicted octanol–water partition coefficient (Wildman–Crippen LogP) is 4.58. The van der Waals surface area contributed by atoms with Crippen molar-refractivity contribution in [2.75, 3.05) is 11.9 Å². The Bertz CT molecular complexity index is 811. The second kappa shape index (κ2) is 9.89. The van der Waals surface area contributed by atoms with Crippen molar-refractivity contribution in [2.45, 2.75) is 19.8 Å². The lowest BCUT2D eigenvalue weighted by molar-refractivity contribution is -0.137. The second-order valence-electron chi connectivity index (χ2n) is 5.28. The van der Waals surface area contributed by atoms with Gasteiger partial charge in [0.1, 0.15) is 0 Å². The van der Waals surface area contributed by atoms with Crippen LogP contribution in [0.5, 0.6) is 0 Å². The van der Waals surface area contributed by atoms with Gasteiger partial charge in [0.2, 0.25) is 5.91 Å². The molecule has 0 radical (unpaired) electrons. The Morgan fingerprint density at radius 1 is 1.12 bits per heavy atom. The lowest BCUT2D eigenvalue weighted by Crippen LogP contribution is -2.13. The van der Waals surface area contributed by atoms with E-state index in [2.05, 4.69) is 5.32 Å². The van der Waals surface area contributed by atoms with Crippen molar-refractivity contribution < 1.29 is 19.1 Å². The number of anilines is 1. The van der Waals surface area contributed by atoms with Crippen molar-refractivity contribution in [2.24, 2.45) is 0 Å². The maximum absolute atomic E-state index is 12.0. The normalized spacial score (nSPS) is 10.7. The summed E-state index contributed by atoms with van der Waals surface area (Å²) < 4.78 is 5.35. The Hall–Kier alpha value is -2.44. The number of rotatable bonds is 8. The van der Waals surface area contributed by atoms with E-state index in [4.69, 9.17) is 16.3 Å². The third-order valence-electron chi connectivity index (χ3n) is 3.32. The van der Waals surface area contributed by atoms with E-state index in [0.717, 1.165) is 5.56 Å². The number of hydrogen-bond donors (Lipinski definition) is 1. The first kappa shape index (κ1) is 19.9. The van der Waals surface area contributed by atoms with E-state index in [-0.39, 0.29) is 24.5 Å². The molecule has 0 spiro atoms. The number of Topliss-reactive ketones (excluding diaryl/α,β-unsaturated/α-hetero) is 1. The summed E-state index contributed by atoms with van der Waals surface area (Å²) in [4.78, 5) is 35.7. The molecule has 0 aliphatic rings. The Morgan fingerprint density at radius 3 is 2.46 bits per heavy atom. The number of benzene rings is 1. The first-order valence-electron chi connectivity index (χ1n) is 8.01. The van der Waals surface area contributed by atoms with Gasteiger partial charge in [0, 0.05) is 24.6 Å². The smallest absolute Gasteiger partial charge is 0.330 e. The van der Waals surface area contributed by atoms with Crippen LogP contribution in [0.25, 0.3) is 6.08 Å². The number of nitrogens with one attached hydrogen (secondary N) is 1. The standard InChI is InChI=1S/C19H18ClNO4S/c1-2-25-19(24)12-5-13-3-6-14(7-4-13)21-18(23)11-8-15(22)16-9-10-17(20)26-16/h3-7,9-10,12H,2,8,11H2,1H3,(H,21,23)/b12-5+. The molecular formula is C19H18ClNO4S. The van der Waals surface area contributed by atoms with Gasteiger partial charge >= 0.3 is 5.97 Å². The quantitative estimate of drug-likeness (QED) is 0.406. The van der Waals surface area contributed by atoms with E-state index in [1.54, 1.807) is 49.4 Å². The summed E-state index contributed by atoms with van der Waals surface area (Å²) in [5.74, 6) is -0.742. The molecule has 1 aromatic carbocycles. The maximum atomic E-state index is 12.0. The Morgan fingerprint density at radius 2 is 1.85 bits per heavy atom. The van der Waals surface area contributed by atoms with Gasteiger partial charge in [-0.05, 0) is 42.8 Å². The molecule has 0 saturated heterocycles. The van der Waals surface area contributed by atoms with Crippen LogP contribution in [0.1, 0.15) is 35.0 Å². The van der Waals surface area contributed by atoms with Gasteiger partial charge in [0.15, 0.2) is 5.78 Å². The van der Waals surface area contributed by atoms with Gasteiger partial charge in [-0.25, -0.2) is 4.79 Å². The van der Waals surface area contributed by atoms with E-state index < -0.39 is 5.97 Å². The van der Waals surface area contributed by atoms with Gasteiger partial charge in [0.25, 0.3) is 0 Å². The number of thiophene rings is 1. The largest absolute Gasteiger partial charge is 0.463 e. The van der Waals surface area contributed by atoms with Crippen LogP contribution in [0.4, 0.5) is 5.69 Å². The zero-order valence-electron chi connectivity index (χ0n) is 14.2. The molecule has 1 N–H and O–H groups in total. The van der Waals surface area contributed by atoms with Crippen molar-refractivity contribution in [3.8, 4) is 0 Å². The van der Waals surface area contributed by atoms with E-state index in [9.17, 15) is 14.4 Å². The number of ether oxygens (including phenoxy) is 1. The van der Waals surface area contributed by atoms with Gasteiger partial charge in [-0.2, -0.15) is 0 Å². The highest BCUT2D eigenvalue weighted by molar-refractivity contribution is 7.18. The molecular weight excluding hydrogens is 374 g/mol. The lowest BCUT2D eigenvalue weighted by atomic mass is 10.1. The van der Waals surface area contributed by atoms with Gasteiger partial charge < -0.3 is 10.1 Å². The van der Waals surface area contributed by atoms with Crippen LogP contribution in [0.3, 0.4) is 0 Å². The second-order valence-corrected chi connectivity index (χ2v) is 7.00. The summed E-state index contributed by atoms with van der Waals surface area (Å²) in [7, 11) is 0. The molecule has 26 heavy (non-hydrogen) atoms. The molecule has 0 aliphatic heterocycles. The number of halogens is 1. The number of carbonyl (C=O) groups excluding carboxylic acids is 3. The van der Waals surface area contributed by atoms with Crippen LogP contribution in [0.15, 0.2) is 42.5 Å². The van der Waals surface area contributed by atoms with Crippen molar-refractivity contribution >= 4 is 52.4 Å². The first-order valence-corrected chi connectivity index (χ1v) is 9.20. The van der Waals surface area contributed by atoms with Crippen LogP contribution in [-0.4, -0.2) is 24.3 Å². The van der Waals surface area contributed by atoms with Crippen molar-refractivity contribution in [1.29, 1.82) is 0 Å². The summed E-state index contributed by atoms with van der Waals surface area (Å²) in [6, 6.07) is 10.3. The highest BCUT2D eigenvalue weighted by Crippen LogP contribution is 2.23. The molecule has 0 unspecified atom stereocenters. The highest BCUT2D eigenvalue weighted by atomic mass is 35.5. The Kier molecular flexibility index (Phi) is 7.56.